The van der Waals surface area contributed by atoms with E-state index in [2.05, 4.69) is 30.0 Å². The molecule has 1 aliphatic heterocycles. The fourth-order valence-corrected chi connectivity index (χ4v) is 4.28. The minimum atomic E-state index is -0.775. The van der Waals surface area contributed by atoms with Crippen molar-refractivity contribution >= 4 is 5.97 Å². The number of carbonyl (C=O) groups is 1. The number of carboxylic acid groups (broad SMARTS) is 1. The van der Waals surface area contributed by atoms with Crippen molar-refractivity contribution in [2.75, 3.05) is 27.3 Å². The molecule has 1 aromatic rings. The van der Waals surface area contributed by atoms with Crippen molar-refractivity contribution in [1.29, 1.82) is 0 Å². The molecule has 1 unspecified atom stereocenters. The summed E-state index contributed by atoms with van der Waals surface area (Å²) in [7, 11) is 4.24. The highest BCUT2D eigenvalue weighted by Crippen LogP contribution is 2.37. The van der Waals surface area contributed by atoms with Crippen LogP contribution >= 0.6 is 0 Å². The molecule has 0 aromatic heterocycles. The van der Waals surface area contributed by atoms with E-state index in [4.69, 9.17) is 0 Å². The van der Waals surface area contributed by atoms with E-state index in [0.29, 0.717) is 11.6 Å². The minimum Gasteiger partial charge on any atom is -0.478 e. The molecule has 4 nitrogen and oxygen atoms in total. The predicted molar refractivity (Wildman–Crippen MR) is 91.9 cm³/mol. The number of hydrogen-bond donors (Lipinski definition) is 1. The van der Waals surface area contributed by atoms with Crippen LogP contribution in [0.4, 0.5) is 0 Å². The van der Waals surface area contributed by atoms with Gasteiger partial charge in [0.05, 0.1) is 12.2 Å². The molecule has 4 heteroatoms. The largest absolute Gasteiger partial charge is 0.478 e. The zero-order chi connectivity index (χ0) is 16.4. The monoisotopic (exact) mass is 316 g/mol. The first-order valence-electron chi connectivity index (χ1n) is 8.84. The maximum Gasteiger partial charge on any atom is 0.335 e. The van der Waals surface area contributed by atoms with Gasteiger partial charge in [-0.25, -0.2) is 4.79 Å². The lowest BCUT2D eigenvalue weighted by Gasteiger charge is -2.39. The van der Waals surface area contributed by atoms with Gasteiger partial charge < -0.3 is 5.11 Å². The Labute approximate surface area is 139 Å². The second-order valence-electron chi connectivity index (χ2n) is 7.22. The molecule has 2 aliphatic rings. The van der Waals surface area contributed by atoms with Gasteiger partial charge in [-0.15, -0.1) is 0 Å². The van der Waals surface area contributed by atoms with Crippen molar-refractivity contribution in [2.45, 2.75) is 51.0 Å². The van der Waals surface area contributed by atoms with E-state index in [1.165, 1.54) is 36.8 Å². The summed E-state index contributed by atoms with van der Waals surface area (Å²) >= 11 is 0. The number of benzene rings is 1. The number of nitrogens with zero attached hydrogens (tertiary/aromatic N) is 2. The van der Waals surface area contributed by atoms with Crippen molar-refractivity contribution in [1.82, 2.24) is 9.80 Å². The maximum absolute atomic E-state index is 11.6. The van der Waals surface area contributed by atoms with Gasteiger partial charge >= 0.3 is 5.97 Å². The Kier molecular flexibility index (Phi) is 5.02. The van der Waals surface area contributed by atoms with Gasteiger partial charge in [0.1, 0.15) is 0 Å². The maximum atomic E-state index is 11.6. The molecule has 1 atom stereocenters. The highest BCUT2D eigenvalue weighted by atomic mass is 16.4. The lowest BCUT2D eigenvalue weighted by molar-refractivity contribution is 0.0694. The van der Waals surface area contributed by atoms with E-state index in [1.807, 2.05) is 6.07 Å². The number of carboxylic acids is 1. The molecule has 1 N–H and O–H groups in total. The predicted octanol–water partition coefficient (Wildman–Crippen LogP) is 3.31. The van der Waals surface area contributed by atoms with E-state index < -0.39 is 5.97 Å². The Morgan fingerprint density at radius 2 is 1.91 bits per heavy atom. The SMILES string of the molecule is CN(C)CN1CCCCC1c1ccc(C(=O)O)c2c1CCCC2. The fraction of sp³-hybridized carbons (Fsp3) is 0.632. The number of fused-ring (bicyclic) bond motifs is 1. The summed E-state index contributed by atoms with van der Waals surface area (Å²) in [6.07, 6.45) is 7.98. The van der Waals surface area contributed by atoms with Crippen molar-refractivity contribution < 1.29 is 9.90 Å². The van der Waals surface area contributed by atoms with Crippen molar-refractivity contribution in [2.24, 2.45) is 0 Å². The average Bonchev–Trinajstić information content (AvgIpc) is 2.54. The van der Waals surface area contributed by atoms with Gasteiger partial charge in [0, 0.05) is 6.04 Å². The van der Waals surface area contributed by atoms with E-state index in [1.54, 1.807) is 0 Å². The zero-order valence-corrected chi connectivity index (χ0v) is 14.3. The van der Waals surface area contributed by atoms with Gasteiger partial charge in [0.25, 0.3) is 0 Å². The molecule has 0 saturated carbocycles. The summed E-state index contributed by atoms with van der Waals surface area (Å²) in [4.78, 5) is 16.3. The Morgan fingerprint density at radius 3 is 2.61 bits per heavy atom. The van der Waals surface area contributed by atoms with E-state index in [-0.39, 0.29) is 0 Å². The highest BCUT2D eigenvalue weighted by Gasteiger charge is 2.29. The molecular weight excluding hydrogens is 288 g/mol. The van der Waals surface area contributed by atoms with E-state index >= 15 is 0 Å². The van der Waals surface area contributed by atoms with Gasteiger partial charge in [0.15, 0.2) is 0 Å². The van der Waals surface area contributed by atoms with Crippen LogP contribution in [0.5, 0.6) is 0 Å². The van der Waals surface area contributed by atoms with Crippen molar-refractivity contribution in [3.63, 3.8) is 0 Å². The molecule has 0 spiro atoms. The summed E-state index contributed by atoms with van der Waals surface area (Å²) in [5.41, 5.74) is 4.37. The van der Waals surface area contributed by atoms with E-state index in [9.17, 15) is 9.90 Å². The first-order valence-corrected chi connectivity index (χ1v) is 8.84. The molecule has 1 aromatic carbocycles. The number of likely N-dealkylation sites (tertiary alicyclic amines) is 1. The molecule has 23 heavy (non-hydrogen) atoms. The Morgan fingerprint density at radius 1 is 1.17 bits per heavy atom. The third-order valence-electron chi connectivity index (χ3n) is 5.24. The standard InChI is InChI=1S/C19H28N2O2/c1-20(2)13-21-12-6-5-9-18(21)16-10-11-17(19(22)23)15-8-4-3-7-14(15)16/h10-11,18H,3-9,12-13H2,1-2H3,(H,22,23). The zero-order valence-electron chi connectivity index (χ0n) is 14.3. The van der Waals surface area contributed by atoms with Crippen LogP contribution in [-0.4, -0.2) is 48.2 Å². The van der Waals surface area contributed by atoms with Crippen LogP contribution in [0.25, 0.3) is 0 Å². The number of piperidine rings is 1. The van der Waals surface area contributed by atoms with Crippen LogP contribution in [0, 0.1) is 0 Å². The smallest absolute Gasteiger partial charge is 0.335 e. The quantitative estimate of drug-likeness (QED) is 0.925. The lowest BCUT2D eigenvalue weighted by atomic mass is 9.81. The molecule has 0 bridgehead atoms. The molecule has 3 rings (SSSR count). The number of aromatic carboxylic acids is 1. The molecule has 1 fully saturated rings. The molecule has 126 valence electrons. The van der Waals surface area contributed by atoms with Gasteiger partial charge in [-0.05, 0) is 81.9 Å². The van der Waals surface area contributed by atoms with Crippen molar-refractivity contribution in [3.8, 4) is 0 Å². The minimum absolute atomic E-state index is 0.445. The van der Waals surface area contributed by atoms with Crippen LogP contribution in [0.3, 0.4) is 0 Å². The van der Waals surface area contributed by atoms with Crippen LogP contribution in [0.2, 0.25) is 0 Å². The number of rotatable bonds is 4. The van der Waals surface area contributed by atoms with Crippen molar-refractivity contribution in [3.05, 3.63) is 34.4 Å². The summed E-state index contributed by atoms with van der Waals surface area (Å²) in [6.45, 7) is 2.11. The van der Waals surface area contributed by atoms with Crippen LogP contribution in [0.15, 0.2) is 12.1 Å². The van der Waals surface area contributed by atoms with Gasteiger partial charge in [-0.2, -0.15) is 0 Å². The van der Waals surface area contributed by atoms with Crippen LogP contribution in [-0.2, 0) is 12.8 Å². The fourth-order valence-electron chi connectivity index (χ4n) is 4.28. The molecule has 1 heterocycles. The number of hydrogen-bond acceptors (Lipinski definition) is 3. The van der Waals surface area contributed by atoms with E-state index in [0.717, 1.165) is 38.0 Å². The molecule has 0 amide bonds. The third-order valence-corrected chi connectivity index (χ3v) is 5.24. The first kappa shape index (κ1) is 16.5. The Hall–Kier alpha value is -1.39. The summed E-state index contributed by atoms with van der Waals surface area (Å²) < 4.78 is 0. The summed E-state index contributed by atoms with van der Waals surface area (Å²) in [5.74, 6) is -0.775. The molecular formula is C19H28N2O2. The Balaban J connectivity index is 1.99. The van der Waals surface area contributed by atoms with Crippen LogP contribution < -0.4 is 0 Å². The lowest BCUT2D eigenvalue weighted by Crippen LogP contribution is -2.40. The normalized spacial score (nSPS) is 22.1. The third kappa shape index (κ3) is 3.43. The molecule has 1 aliphatic carbocycles. The average molecular weight is 316 g/mol. The van der Waals surface area contributed by atoms with Gasteiger partial charge in [-0.3, -0.25) is 9.80 Å². The summed E-state index contributed by atoms with van der Waals surface area (Å²) in [6, 6.07) is 4.40. The van der Waals surface area contributed by atoms with Gasteiger partial charge in [-0.1, -0.05) is 12.5 Å². The second-order valence-corrected chi connectivity index (χ2v) is 7.22. The Bertz CT molecular complexity index is 583. The van der Waals surface area contributed by atoms with Gasteiger partial charge in [0.2, 0.25) is 0 Å². The summed E-state index contributed by atoms with van der Waals surface area (Å²) in [5, 5.41) is 9.50. The second kappa shape index (κ2) is 7.02. The first-order chi connectivity index (χ1) is 11.1. The molecule has 1 saturated heterocycles. The molecule has 0 radical (unpaired) electrons. The van der Waals surface area contributed by atoms with Crippen LogP contribution in [0.1, 0.15) is 65.2 Å². The topological polar surface area (TPSA) is 43.8 Å². The highest BCUT2D eigenvalue weighted by molar-refractivity contribution is 5.90.